The van der Waals surface area contributed by atoms with Gasteiger partial charge in [0.25, 0.3) is 0 Å². The van der Waals surface area contributed by atoms with Gasteiger partial charge in [-0.25, -0.2) is 9.78 Å². The number of carboxylic acid groups (broad SMARTS) is 1. The Hall–Kier alpha value is -2.19. The number of aliphatic carboxylic acids is 1. The van der Waals surface area contributed by atoms with Crippen LogP contribution in [-0.2, 0) is 11.2 Å². The van der Waals surface area contributed by atoms with Crippen molar-refractivity contribution in [1.82, 2.24) is 15.2 Å². The van der Waals surface area contributed by atoms with Crippen LogP contribution in [0.15, 0.2) is 22.2 Å². The van der Waals surface area contributed by atoms with Crippen molar-refractivity contribution in [1.29, 1.82) is 0 Å². The summed E-state index contributed by atoms with van der Waals surface area (Å²) in [5.41, 5.74) is 0.577. The molecule has 1 heterocycles. The molecule has 9 heteroatoms. The standard InChI is InChI=1S/C17H20ClN3O4S/c1-4-6-14-19-17(21-20-14)26-13(16(22)23)9-10-7-11(18)15(24-3)12(8-10)25-5-2/h7-9H,4-6H2,1-3H3,(H,22,23)(H,19,20,21)/b13-9-. The maximum Gasteiger partial charge on any atom is 0.342 e. The summed E-state index contributed by atoms with van der Waals surface area (Å²) in [6, 6.07) is 3.30. The molecular weight excluding hydrogens is 378 g/mol. The monoisotopic (exact) mass is 397 g/mol. The molecule has 0 saturated heterocycles. The minimum atomic E-state index is -1.08. The maximum absolute atomic E-state index is 11.6. The van der Waals surface area contributed by atoms with Crippen molar-refractivity contribution in [3.8, 4) is 11.5 Å². The molecule has 0 amide bonds. The number of carboxylic acids is 1. The second-order valence-corrected chi connectivity index (χ2v) is 6.61. The Bertz CT molecular complexity index is 807. The van der Waals surface area contributed by atoms with E-state index in [0.29, 0.717) is 33.8 Å². The first-order valence-corrected chi connectivity index (χ1v) is 9.22. The summed E-state index contributed by atoms with van der Waals surface area (Å²) in [5, 5.41) is 17.0. The van der Waals surface area contributed by atoms with Gasteiger partial charge in [0.15, 0.2) is 11.5 Å². The molecule has 0 fully saturated rings. The third kappa shape index (κ3) is 5.15. The molecule has 140 valence electrons. The van der Waals surface area contributed by atoms with Crippen LogP contribution in [0.2, 0.25) is 5.02 Å². The van der Waals surface area contributed by atoms with Gasteiger partial charge in [-0.3, -0.25) is 5.10 Å². The van der Waals surface area contributed by atoms with Crippen molar-refractivity contribution in [3.63, 3.8) is 0 Å². The van der Waals surface area contributed by atoms with Crippen molar-refractivity contribution < 1.29 is 19.4 Å². The third-order valence-corrected chi connectivity index (χ3v) is 4.40. The highest BCUT2D eigenvalue weighted by atomic mass is 35.5. The average molecular weight is 398 g/mol. The molecule has 0 atom stereocenters. The van der Waals surface area contributed by atoms with Crippen molar-refractivity contribution in [3.05, 3.63) is 33.4 Å². The van der Waals surface area contributed by atoms with Gasteiger partial charge in [0.1, 0.15) is 10.7 Å². The molecule has 1 aromatic carbocycles. The summed E-state index contributed by atoms with van der Waals surface area (Å²) >= 11 is 7.18. The summed E-state index contributed by atoms with van der Waals surface area (Å²) in [7, 11) is 1.49. The molecule has 26 heavy (non-hydrogen) atoms. The number of benzene rings is 1. The number of aryl methyl sites for hydroxylation is 1. The topological polar surface area (TPSA) is 97.3 Å². The van der Waals surface area contributed by atoms with Crippen LogP contribution >= 0.6 is 23.4 Å². The number of aromatic nitrogens is 3. The van der Waals surface area contributed by atoms with Gasteiger partial charge in [0.05, 0.1) is 18.7 Å². The molecule has 2 aromatic rings. The SMILES string of the molecule is CCCc1nc(S/C(=C\c2cc(Cl)c(OC)c(OCC)c2)C(=O)O)n[nH]1. The summed E-state index contributed by atoms with van der Waals surface area (Å²) in [5.74, 6) is 0.507. The number of halogens is 1. The van der Waals surface area contributed by atoms with Gasteiger partial charge in [-0.1, -0.05) is 18.5 Å². The Morgan fingerprint density at radius 1 is 1.42 bits per heavy atom. The third-order valence-electron chi connectivity index (χ3n) is 3.24. The molecule has 0 aliphatic carbocycles. The van der Waals surface area contributed by atoms with Crippen LogP contribution in [0, 0.1) is 0 Å². The van der Waals surface area contributed by atoms with Crippen molar-refractivity contribution in [2.24, 2.45) is 0 Å². The minimum Gasteiger partial charge on any atom is -0.491 e. The van der Waals surface area contributed by atoms with E-state index in [9.17, 15) is 9.90 Å². The van der Waals surface area contributed by atoms with Crippen LogP contribution in [0.4, 0.5) is 0 Å². The number of carbonyl (C=O) groups is 1. The van der Waals surface area contributed by atoms with E-state index in [-0.39, 0.29) is 4.91 Å². The number of ether oxygens (including phenoxy) is 2. The van der Waals surface area contributed by atoms with Crippen LogP contribution in [0.5, 0.6) is 11.5 Å². The zero-order valence-corrected chi connectivity index (χ0v) is 16.3. The van der Waals surface area contributed by atoms with Gasteiger partial charge in [-0.05, 0) is 48.9 Å². The zero-order chi connectivity index (χ0) is 19.1. The second-order valence-electron chi connectivity index (χ2n) is 5.20. The molecule has 0 radical (unpaired) electrons. The van der Waals surface area contributed by atoms with Gasteiger partial charge in [-0.2, -0.15) is 0 Å². The van der Waals surface area contributed by atoms with E-state index in [2.05, 4.69) is 15.2 Å². The largest absolute Gasteiger partial charge is 0.491 e. The average Bonchev–Trinajstić information content (AvgIpc) is 3.02. The summed E-state index contributed by atoms with van der Waals surface area (Å²) in [6.07, 6.45) is 3.17. The Labute approximate surface area is 160 Å². The highest BCUT2D eigenvalue weighted by molar-refractivity contribution is 8.04. The molecular formula is C17H20ClN3O4S. The van der Waals surface area contributed by atoms with Crippen molar-refractivity contribution >= 4 is 35.4 Å². The van der Waals surface area contributed by atoms with Crippen LogP contribution in [-0.4, -0.2) is 40.0 Å². The summed E-state index contributed by atoms with van der Waals surface area (Å²) < 4.78 is 10.8. The van der Waals surface area contributed by atoms with E-state index in [4.69, 9.17) is 21.1 Å². The number of rotatable bonds is 9. The summed E-state index contributed by atoms with van der Waals surface area (Å²) in [6.45, 7) is 4.30. The smallest absolute Gasteiger partial charge is 0.342 e. The molecule has 1 aromatic heterocycles. The second kappa shape index (κ2) is 9.49. The van der Waals surface area contributed by atoms with Gasteiger partial charge >= 0.3 is 5.97 Å². The molecule has 0 aliphatic heterocycles. The number of aromatic amines is 1. The highest BCUT2D eigenvalue weighted by Gasteiger charge is 2.16. The maximum atomic E-state index is 11.6. The van der Waals surface area contributed by atoms with Crippen LogP contribution < -0.4 is 9.47 Å². The number of hydrogen-bond acceptors (Lipinski definition) is 6. The lowest BCUT2D eigenvalue weighted by molar-refractivity contribution is -0.131. The quantitative estimate of drug-likeness (QED) is 0.486. The van der Waals surface area contributed by atoms with Crippen LogP contribution in [0.3, 0.4) is 0 Å². The van der Waals surface area contributed by atoms with Gasteiger partial charge in [0.2, 0.25) is 5.16 Å². The first kappa shape index (κ1) is 20.1. The highest BCUT2D eigenvalue weighted by Crippen LogP contribution is 2.37. The van der Waals surface area contributed by atoms with Gasteiger partial charge < -0.3 is 14.6 Å². The van der Waals surface area contributed by atoms with E-state index in [1.807, 2.05) is 13.8 Å². The molecule has 7 nitrogen and oxygen atoms in total. The summed E-state index contributed by atoms with van der Waals surface area (Å²) in [4.78, 5) is 16.0. The Morgan fingerprint density at radius 2 is 2.19 bits per heavy atom. The van der Waals surface area contributed by atoms with E-state index >= 15 is 0 Å². The normalized spacial score (nSPS) is 11.5. The van der Waals surface area contributed by atoms with Crippen LogP contribution in [0.25, 0.3) is 6.08 Å². The Balaban J connectivity index is 2.33. The molecule has 0 unspecified atom stereocenters. The molecule has 0 spiro atoms. The number of H-pyrrole nitrogens is 1. The lowest BCUT2D eigenvalue weighted by Gasteiger charge is -2.12. The van der Waals surface area contributed by atoms with E-state index in [0.717, 1.165) is 30.4 Å². The predicted octanol–water partition coefficient (Wildman–Crippen LogP) is 4.04. The lowest BCUT2D eigenvalue weighted by atomic mass is 10.2. The number of methoxy groups -OCH3 is 1. The first-order valence-electron chi connectivity index (χ1n) is 8.02. The predicted molar refractivity (Wildman–Crippen MR) is 101 cm³/mol. The number of nitrogens with one attached hydrogen (secondary N) is 1. The number of nitrogens with zero attached hydrogens (tertiary/aromatic N) is 2. The number of thioether (sulfide) groups is 1. The Morgan fingerprint density at radius 3 is 2.81 bits per heavy atom. The fourth-order valence-electron chi connectivity index (χ4n) is 2.19. The van der Waals surface area contributed by atoms with Crippen LogP contribution in [0.1, 0.15) is 31.7 Å². The molecule has 0 bridgehead atoms. The fourth-order valence-corrected chi connectivity index (χ4v) is 3.21. The number of hydrogen-bond donors (Lipinski definition) is 2. The van der Waals surface area contributed by atoms with E-state index in [1.54, 1.807) is 12.1 Å². The Kier molecular flexibility index (Phi) is 7.35. The van der Waals surface area contributed by atoms with Gasteiger partial charge in [0, 0.05) is 6.42 Å². The zero-order valence-electron chi connectivity index (χ0n) is 14.7. The molecule has 2 rings (SSSR count). The molecule has 2 N–H and O–H groups in total. The van der Waals surface area contributed by atoms with E-state index in [1.165, 1.54) is 13.2 Å². The molecule has 0 aliphatic rings. The first-order chi connectivity index (χ1) is 12.5. The van der Waals surface area contributed by atoms with E-state index < -0.39 is 5.97 Å². The van der Waals surface area contributed by atoms with Crippen molar-refractivity contribution in [2.75, 3.05) is 13.7 Å². The molecule has 0 saturated carbocycles. The van der Waals surface area contributed by atoms with Crippen molar-refractivity contribution in [2.45, 2.75) is 31.8 Å². The van der Waals surface area contributed by atoms with Gasteiger partial charge in [-0.15, -0.1) is 5.10 Å². The minimum absolute atomic E-state index is 0.0655. The fraction of sp³-hybridized carbons (Fsp3) is 0.353. The lowest BCUT2D eigenvalue weighted by Crippen LogP contribution is -1.99.